The third-order valence-corrected chi connectivity index (χ3v) is 1.77. The summed E-state index contributed by atoms with van der Waals surface area (Å²) < 4.78 is 0. The van der Waals surface area contributed by atoms with E-state index in [2.05, 4.69) is 17.2 Å². The predicted molar refractivity (Wildman–Crippen MR) is 48.3 cm³/mol. The van der Waals surface area contributed by atoms with Gasteiger partial charge in [0.25, 0.3) is 0 Å². The molecule has 0 spiro atoms. The van der Waals surface area contributed by atoms with Crippen LogP contribution in [-0.4, -0.2) is 12.1 Å². The molecule has 0 radical (unpaired) electrons. The molecule has 11 heavy (non-hydrogen) atoms. The van der Waals surface area contributed by atoms with Gasteiger partial charge in [0.15, 0.2) is 0 Å². The molecule has 1 saturated carbocycles. The van der Waals surface area contributed by atoms with E-state index in [4.69, 9.17) is 0 Å². The third kappa shape index (κ3) is 2.62. The maximum atomic E-state index is 11.0. The zero-order valence-corrected chi connectivity index (χ0v) is 6.81. The molecule has 0 aromatic rings. The van der Waals surface area contributed by atoms with Crippen LogP contribution in [0.25, 0.3) is 0 Å². The summed E-state index contributed by atoms with van der Waals surface area (Å²) in [6.07, 6.45) is 3.46. The first kappa shape index (κ1) is 8.11. The largest absolute Gasteiger partial charge is 0.335 e. The maximum absolute atomic E-state index is 11.0. The van der Waals surface area contributed by atoms with Crippen molar-refractivity contribution < 1.29 is 7.65 Å². The third-order valence-electron chi connectivity index (χ3n) is 1.77. The molecule has 3 nitrogen and oxygen atoms in total. The molecule has 2 N–H and O–H groups in total. The number of nitrogens with one attached hydrogen (secondary N) is 2. The van der Waals surface area contributed by atoms with E-state index in [0.717, 1.165) is 12.8 Å². The van der Waals surface area contributed by atoms with E-state index in [-0.39, 0.29) is 8.88 Å². The Hall–Kier alpha value is -0.990. The van der Waals surface area contributed by atoms with Gasteiger partial charge in [-0.2, -0.15) is 0 Å². The van der Waals surface area contributed by atoms with E-state index in [0.29, 0.717) is 11.7 Å². The molecule has 0 atom stereocenters. The quantitative estimate of drug-likeness (QED) is 0.632. The highest BCUT2D eigenvalue weighted by Crippen LogP contribution is 2.17. The molecule has 1 rings (SSSR count). The second kappa shape index (κ2) is 3.42. The number of hydrogen-bond acceptors (Lipinski definition) is 1. The average Bonchev–Trinajstić information content (AvgIpc) is 1.77. The Morgan fingerprint density at radius 1 is 1.64 bits per heavy atom. The van der Waals surface area contributed by atoms with Crippen molar-refractivity contribution in [2.24, 2.45) is 0 Å². The van der Waals surface area contributed by atoms with Gasteiger partial charge in [-0.15, -0.1) is 0 Å². The van der Waals surface area contributed by atoms with Crippen LogP contribution in [0.5, 0.6) is 0 Å². The highest BCUT2D eigenvalue weighted by Gasteiger charge is 2.18. The van der Waals surface area contributed by atoms with Crippen molar-refractivity contribution >= 4 is 6.03 Å². The minimum Gasteiger partial charge on any atom is -0.335 e. The molecule has 1 fully saturated rings. The standard InChI is InChI=1S/C8H14N2O.2H2/c1-6(2)9-8(11)10-7-4-3-5-7;;/h7H,1,3-5H2,2H3,(H2,9,10,11);2*1H. The van der Waals surface area contributed by atoms with Gasteiger partial charge in [0.1, 0.15) is 0 Å². The fraction of sp³-hybridized carbons (Fsp3) is 0.625. The van der Waals surface area contributed by atoms with Crippen molar-refractivity contribution in [1.29, 1.82) is 0 Å². The summed E-state index contributed by atoms with van der Waals surface area (Å²) in [4.78, 5) is 11.0. The van der Waals surface area contributed by atoms with E-state index in [1.54, 1.807) is 6.92 Å². The Morgan fingerprint density at radius 2 is 2.27 bits per heavy atom. The van der Waals surface area contributed by atoms with Gasteiger partial charge >= 0.3 is 6.03 Å². The summed E-state index contributed by atoms with van der Waals surface area (Å²) in [6, 6.07) is 0.275. The van der Waals surface area contributed by atoms with Crippen molar-refractivity contribution in [2.45, 2.75) is 32.2 Å². The first-order valence-corrected chi connectivity index (χ1v) is 3.91. The number of hydrogen-bond donors (Lipinski definition) is 2. The fourth-order valence-electron chi connectivity index (χ4n) is 0.968. The molecule has 0 aromatic heterocycles. The lowest BCUT2D eigenvalue weighted by atomic mass is 9.93. The zero-order chi connectivity index (χ0) is 8.27. The number of amides is 2. The smallest absolute Gasteiger partial charge is 0.319 e. The van der Waals surface area contributed by atoms with Crippen molar-refractivity contribution in [3.05, 3.63) is 12.3 Å². The van der Waals surface area contributed by atoms with E-state index in [9.17, 15) is 4.79 Å². The monoisotopic (exact) mass is 158 g/mol. The molecular weight excluding hydrogens is 140 g/mol. The lowest BCUT2D eigenvalue weighted by molar-refractivity contribution is 0.231. The number of rotatable bonds is 2. The minimum atomic E-state index is -0.123. The molecule has 1 aliphatic rings. The molecular formula is C8H18N2O. The lowest BCUT2D eigenvalue weighted by Gasteiger charge is -2.26. The van der Waals surface area contributed by atoms with E-state index in [1.807, 2.05) is 0 Å². The number of carbonyl (C=O) groups is 1. The average molecular weight is 158 g/mol. The van der Waals surface area contributed by atoms with Gasteiger partial charge < -0.3 is 10.6 Å². The van der Waals surface area contributed by atoms with Crippen LogP contribution in [0.1, 0.15) is 29.0 Å². The topological polar surface area (TPSA) is 41.1 Å². The minimum absolute atomic E-state index is 0. The van der Waals surface area contributed by atoms with Crippen LogP contribution in [0.3, 0.4) is 0 Å². The Balaban J connectivity index is 0. The van der Waals surface area contributed by atoms with Gasteiger partial charge in [0.05, 0.1) is 0 Å². The van der Waals surface area contributed by atoms with Crippen molar-refractivity contribution in [2.75, 3.05) is 0 Å². The molecule has 1 aliphatic carbocycles. The van der Waals surface area contributed by atoms with Crippen LogP contribution in [0, 0.1) is 0 Å². The van der Waals surface area contributed by atoms with Crippen LogP contribution < -0.4 is 10.6 Å². The van der Waals surface area contributed by atoms with E-state index in [1.165, 1.54) is 6.42 Å². The van der Waals surface area contributed by atoms with Crippen molar-refractivity contribution in [3.8, 4) is 0 Å². The van der Waals surface area contributed by atoms with Crippen molar-refractivity contribution in [1.82, 2.24) is 10.6 Å². The second-order valence-electron chi connectivity index (χ2n) is 3.01. The highest BCUT2D eigenvalue weighted by molar-refractivity contribution is 5.75. The Morgan fingerprint density at radius 3 is 2.64 bits per heavy atom. The molecule has 3 heteroatoms. The van der Waals surface area contributed by atoms with Gasteiger partial charge in [0.2, 0.25) is 0 Å². The van der Waals surface area contributed by atoms with E-state index < -0.39 is 0 Å². The highest BCUT2D eigenvalue weighted by atomic mass is 16.2. The molecule has 0 bridgehead atoms. The van der Waals surface area contributed by atoms with Crippen molar-refractivity contribution in [3.63, 3.8) is 0 Å². The number of urea groups is 1. The van der Waals surface area contributed by atoms with Gasteiger partial charge in [-0.1, -0.05) is 6.58 Å². The summed E-state index contributed by atoms with van der Waals surface area (Å²) in [7, 11) is 0. The van der Waals surface area contributed by atoms with Crippen LogP contribution in [0.4, 0.5) is 4.79 Å². The zero-order valence-electron chi connectivity index (χ0n) is 6.81. The van der Waals surface area contributed by atoms with Gasteiger partial charge in [0, 0.05) is 14.6 Å². The van der Waals surface area contributed by atoms with Gasteiger partial charge in [-0.05, 0) is 26.2 Å². The summed E-state index contributed by atoms with van der Waals surface area (Å²) >= 11 is 0. The summed E-state index contributed by atoms with van der Waals surface area (Å²) in [6.45, 7) is 5.34. The first-order chi connectivity index (χ1) is 5.18. The Labute approximate surface area is 69.8 Å². The molecule has 0 aromatic carbocycles. The summed E-state index contributed by atoms with van der Waals surface area (Å²) in [5.74, 6) is 0. The predicted octanol–water partition coefficient (Wildman–Crippen LogP) is 1.86. The molecule has 2 amide bonds. The second-order valence-corrected chi connectivity index (χ2v) is 3.01. The fourth-order valence-corrected chi connectivity index (χ4v) is 0.968. The Bertz CT molecular complexity index is 181. The van der Waals surface area contributed by atoms with E-state index >= 15 is 0 Å². The molecule has 0 saturated heterocycles. The van der Waals surface area contributed by atoms with Gasteiger partial charge in [-0.25, -0.2) is 4.79 Å². The van der Waals surface area contributed by atoms with Crippen LogP contribution in [0.2, 0.25) is 0 Å². The molecule has 0 aliphatic heterocycles. The summed E-state index contributed by atoms with van der Waals surface area (Å²) in [5, 5.41) is 5.43. The Kier molecular flexibility index (Phi) is 2.52. The molecule has 0 unspecified atom stereocenters. The van der Waals surface area contributed by atoms with Crippen LogP contribution in [-0.2, 0) is 0 Å². The van der Waals surface area contributed by atoms with Crippen LogP contribution in [0.15, 0.2) is 12.3 Å². The van der Waals surface area contributed by atoms with Crippen LogP contribution >= 0.6 is 0 Å². The normalized spacial score (nSPS) is 16.8. The van der Waals surface area contributed by atoms with Gasteiger partial charge in [-0.3, -0.25) is 0 Å². The number of carbonyl (C=O) groups excluding carboxylic acids is 1. The molecule has 66 valence electrons. The molecule has 0 heterocycles. The maximum Gasteiger partial charge on any atom is 0.319 e. The SMILES string of the molecule is C=C(C)NC(=O)NC1CCC1.[HH].[HH]. The first-order valence-electron chi connectivity index (χ1n) is 3.91. The number of allylic oxidation sites excluding steroid dienone is 1. The lowest BCUT2D eigenvalue weighted by Crippen LogP contribution is -2.44. The summed E-state index contributed by atoms with van der Waals surface area (Å²) in [5.41, 5.74) is 0.682.